The first kappa shape index (κ1) is 26.4. The van der Waals surface area contributed by atoms with E-state index in [4.69, 9.17) is 13.3 Å². The van der Waals surface area contributed by atoms with E-state index in [1.165, 1.54) is 63.4 Å². The first-order valence-corrected chi connectivity index (χ1v) is 13.9. The van der Waals surface area contributed by atoms with Gasteiger partial charge in [-0.3, -0.25) is 0 Å². The van der Waals surface area contributed by atoms with Crippen LogP contribution in [0.3, 0.4) is 0 Å². The molecule has 0 radical (unpaired) electrons. The van der Waals surface area contributed by atoms with Gasteiger partial charge in [-0.25, -0.2) is 0 Å². The van der Waals surface area contributed by atoms with Crippen molar-refractivity contribution in [2.75, 3.05) is 19.8 Å². The predicted octanol–water partition coefficient (Wildman–Crippen LogP) is 6.93. The zero-order chi connectivity index (χ0) is 21.2. The Morgan fingerprint density at radius 1 is 0.586 bits per heavy atom. The predicted molar refractivity (Wildman–Crippen MR) is 127 cm³/mol. The highest BCUT2D eigenvalue weighted by atomic mass is 28.4. The largest absolute Gasteiger partial charge is 0.537 e. The number of hydrogen-bond donors (Lipinski definition) is 0. The van der Waals surface area contributed by atoms with Crippen LogP contribution in [0.25, 0.3) is 0 Å². The second-order valence-corrected chi connectivity index (χ2v) is 10.6. The quantitative estimate of drug-likeness (QED) is 0.179. The lowest BCUT2D eigenvalue weighted by Crippen LogP contribution is -2.58. The van der Waals surface area contributed by atoms with Crippen LogP contribution >= 0.6 is 0 Å². The molecule has 0 aliphatic carbocycles. The van der Waals surface area contributed by atoms with Crippen LogP contribution in [0.2, 0.25) is 0 Å². The first-order valence-electron chi connectivity index (χ1n) is 12.2. The average molecular weight is 423 g/mol. The first-order chi connectivity index (χ1) is 14.2. The monoisotopic (exact) mass is 422 g/mol. The Hall–Kier alpha value is -0.683. The Kier molecular flexibility index (Phi) is 15.5. The summed E-state index contributed by atoms with van der Waals surface area (Å²) in [5.74, 6) is 0. The molecule has 0 aliphatic rings. The fourth-order valence-corrected chi connectivity index (χ4v) is 6.30. The van der Waals surface area contributed by atoms with Gasteiger partial charge in [0.15, 0.2) is 0 Å². The third-order valence-corrected chi connectivity index (χ3v) is 8.32. The minimum absolute atomic E-state index is 0.727. The maximum atomic E-state index is 6.55. The summed E-state index contributed by atoms with van der Waals surface area (Å²) >= 11 is 0. The number of benzene rings is 1. The third-order valence-electron chi connectivity index (χ3n) is 5.34. The molecule has 1 aromatic carbocycles. The molecule has 0 fully saturated rings. The Bertz CT molecular complexity index is 471. The Morgan fingerprint density at radius 2 is 1.00 bits per heavy atom. The Labute approximate surface area is 181 Å². The summed E-state index contributed by atoms with van der Waals surface area (Å²) in [6.45, 7) is 11.1. The summed E-state index contributed by atoms with van der Waals surface area (Å²) in [6.07, 6.45) is 14.4. The van der Waals surface area contributed by atoms with Gasteiger partial charge >= 0.3 is 8.80 Å². The van der Waals surface area contributed by atoms with Crippen LogP contribution in [0.5, 0.6) is 0 Å². The van der Waals surface area contributed by atoms with Gasteiger partial charge in [0.1, 0.15) is 0 Å². The average Bonchev–Trinajstić information content (AvgIpc) is 2.73. The molecule has 0 saturated heterocycles. The van der Waals surface area contributed by atoms with E-state index in [-0.39, 0.29) is 0 Å². The van der Waals surface area contributed by atoms with E-state index in [1.807, 2.05) is 0 Å². The second-order valence-electron chi connectivity index (χ2n) is 8.10. The standard InChI is InChI=1S/C25H46O3Si/c1-5-8-11-16-21-26-29(27-22-17-12-9-6-2,28-23-18-13-10-7-3)25-20-15-14-19-24(25)4/h14-15,19-20H,5-13,16-18,21-23H2,1-4H3. The summed E-state index contributed by atoms with van der Waals surface area (Å²) in [4.78, 5) is 0. The molecule has 1 aromatic rings. The SMILES string of the molecule is CCCCCCO[Si](OCCCCCC)(OCCCCCC)c1ccccc1C. The Morgan fingerprint density at radius 3 is 1.38 bits per heavy atom. The molecule has 0 unspecified atom stereocenters. The molecule has 1 rings (SSSR count). The molecule has 0 aliphatic heterocycles. The molecule has 3 nitrogen and oxygen atoms in total. The van der Waals surface area contributed by atoms with E-state index >= 15 is 0 Å². The summed E-state index contributed by atoms with van der Waals surface area (Å²) in [6, 6.07) is 8.48. The highest BCUT2D eigenvalue weighted by Gasteiger charge is 2.44. The molecular formula is C25H46O3Si. The summed E-state index contributed by atoms with van der Waals surface area (Å²) in [7, 11) is -2.90. The van der Waals surface area contributed by atoms with Crippen molar-refractivity contribution in [3.63, 3.8) is 0 Å². The van der Waals surface area contributed by atoms with E-state index in [0.29, 0.717) is 0 Å². The minimum Gasteiger partial charge on any atom is -0.370 e. The lowest BCUT2D eigenvalue weighted by atomic mass is 10.2. The molecule has 4 heteroatoms. The van der Waals surface area contributed by atoms with Gasteiger partial charge in [-0.05, 0) is 31.7 Å². The van der Waals surface area contributed by atoms with Crippen molar-refractivity contribution in [3.8, 4) is 0 Å². The zero-order valence-corrected chi connectivity index (χ0v) is 20.6. The molecular weight excluding hydrogens is 376 g/mol. The van der Waals surface area contributed by atoms with Gasteiger partial charge < -0.3 is 13.3 Å². The van der Waals surface area contributed by atoms with Crippen LogP contribution in [0.1, 0.15) is 103 Å². The van der Waals surface area contributed by atoms with Gasteiger partial charge in [0, 0.05) is 25.0 Å². The van der Waals surface area contributed by atoms with Crippen LogP contribution in [-0.4, -0.2) is 28.6 Å². The second kappa shape index (κ2) is 17.0. The Balaban J connectivity index is 2.88. The number of aryl methyl sites for hydroxylation is 1. The van der Waals surface area contributed by atoms with Gasteiger partial charge in [0.25, 0.3) is 0 Å². The lowest BCUT2D eigenvalue weighted by Gasteiger charge is -2.31. The number of rotatable bonds is 19. The molecule has 168 valence electrons. The maximum Gasteiger partial charge on any atom is 0.537 e. The number of hydrogen-bond acceptors (Lipinski definition) is 3. The van der Waals surface area contributed by atoms with E-state index in [1.54, 1.807) is 0 Å². The van der Waals surface area contributed by atoms with E-state index < -0.39 is 8.80 Å². The van der Waals surface area contributed by atoms with Crippen LogP contribution in [-0.2, 0) is 13.3 Å². The molecule has 0 spiro atoms. The number of unbranched alkanes of at least 4 members (excludes halogenated alkanes) is 9. The minimum atomic E-state index is -2.90. The van der Waals surface area contributed by atoms with E-state index in [9.17, 15) is 0 Å². The van der Waals surface area contributed by atoms with Crippen LogP contribution in [0.15, 0.2) is 24.3 Å². The summed E-state index contributed by atoms with van der Waals surface area (Å²) in [5, 5.41) is 1.15. The van der Waals surface area contributed by atoms with Crippen molar-refractivity contribution in [2.24, 2.45) is 0 Å². The molecule has 0 atom stereocenters. The third kappa shape index (κ3) is 10.8. The van der Waals surface area contributed by atoms with Gasteiger partial charge in [-0.2, -0.15) is 0 Å². The van der Waals surface area contributed by atoms with Crippen molar-refractivity contribution < 1.29 is 13.3 Å². The van der Waals surface area contributed by atoms with E-state index in [0.717, 1.165) is 44.3 Å². The smallest absolute Gasteiger partial charge is 0.370 e. The van der Waals surface area contributed by atoms with Crippen LogP contribution in [0, 0.1) is 6.92 Å². The lowest BCUT2D eigenvalue weighted by molar-refractivity contribution is 0.0688. The molecule has 0 aromatic heterocycles. The van der Waals surface area contributed by atoms with Crippen molar-refractivity contribution in [3.05, 3.63) is 29.8 Å². The normalized spacial score (nSPS) is 11.9. The highest BCUT2D eigenvalue weighted by Crippen LogP contribution is 2.17. The van der Waals surface area contributed by atoms with Gasteiger partial charge in [0.05, 0.1) is 0 Å². The van der Waals surface area contributed by atoms with Crippen molar-refractivity contribution >= 4 is 14.0 Å². The topological polar surface area (TPSA) is 27.7 Å². The van der Waals surface area contributed by atoms with E-state index in [2.05, 4.69) is 52.0 Å². The summed E-state index contributed by atoms with van der Waals surface area (Å²) < 4.78 is 19.7. The molecule has 0 saturated carbocycles. The maximum absolute atomic E-state index is 6.55. The van der Waals surface area contributed by atoms with Gasteiger partial charge in [-0.15, -0.1) is 0 Å². The fraction of sp³-hybridized carbons (Fsp3) is 0.760. The van der Waals surface area contributed by atoms with Crippen molar-refractivity contribution in [1.82, 2.24) is 0 Å². The molecule has 0 heterocycles. The molecule has 29 heavy (non-hydrogen) atoms. The molecule has 0 bridgehead atoms. The molecule has 0 N–H and O–H groups in total. The zero-order valence-electron chi connectivity index (χ0n) is 19.6. The van der Waals surface area contributed by atoms with Gasteiger partial charge in [-0.1, -0.05) is 103 Å². The van der Waals surface area contributed by atoms with Crippen molar-refractivity contribution in [1.29, 1.82) is 0 Å². The van der Waals surface area contributed by atoms with Crippen LogP contribution < -0.4 is 5.19 Å². The van der Waals surface area contributed by atoms with Crippen molar-refractivity contribution in [2.45, 2.75) is 105 Å². The van der Waals surface area contributed by atoms with Crippen LogP contribution in [0.4, 0.5) is 0 Å². The van der Waals surface area contributed by atoms with Gasteiger partial charge in [0.2, 0.25) is 0 Å². The molecule has 0 amide bonds. The summed E-state index contributed by atoms with van der Waals surface area (Å²) in [5.41, 5.74) is 1.22. The fourth-order valence-electron chi connectivity index (χ4n) is 3.48. The highest BCUT2D eigenvalue weighted by molar-refractivity contribution is 6.75.